The van der Waals surface area contributed by atoms with E-state index in [0.717, 1.165) is 5.56 Å². The molecule has 0 bridgehead atoms. The lowest BCUT2D eigenvalue weighted by atomic mass is 10.1. The van der Waals surface area contributed by atoms with Gasteiger partial charge >= 0.3 is 0 Å². The van der Waals surface area contributed by atoms with Gasteiger partial charge in [0, 0.05) is 6.42 Å². The summed E-state index contributed by atoms with van der Waals surface area (Å²) in [5, 5.41) is 0. The van der Waals surface area contributed by atoms with Gasteiger partial charge in [-0.25, -0.2) is 0 Å². The molecule has 1 rings (SSSR count). The van der Waals surface area contributed by atoms with Crippen LogP contribution in [-0.4, -0.2) is 13.9 Å². The van der Waals surface area contributed by atoms with Crippen molar-refractivity contribution in [2.45, 2.75) is 26.1 Å². The van der Waals surface area contributed by atoms with E-state index >= 15 is 0 Å². The van der Waals surface area contributed by atoms with Crippen molar-refractivity contribution in [2.75, 3.05) is 0 Å². The molecule has 0 spiro atoms. The molecule has 0 heterocycles. The predicted molar refractivity (Wildman–Crippen MR) is 66.3 cm³/mol. The minimum Gasteiger partial charge on any atom is -0.285 e. The van der Waals surface area contributed by atoms with Crippen molar-refractivity contribution >= 4 is 13.9 Å². The Hall–Kier alpha value is -1.33. The van der Waals surface area contributed by atoms with Gasteiger partial charge in [0.1, 0.15) is 8.07 Å². The second kappa shape index (κ2) is 4.95. The highest BCUT2D eigenvalue weighted by Gasteiger charge is 2.08. The number of rotatable bonds is 2. The average molecular weight is 216 g/mol. The molecule has 2 heteroatoms. The minimum atomic E-state index is -1.42. The first-order valence-electron chi connectivity index (χ1n) is 5.07. The maximum absolute atomic E-state index is 11.5. The summed E-state index contributed by atoms with van der Waals surface area (Å²) in [6.07, 6.45) is 0.429. The monoisotopic (exact) mass is 216 g/mol. The molecule has 78 valence electrons. The Morgan fingerprint density at radius 3 is 2.33 bits per heavy atom. The average Bonchev–Trinajstić information content (AvgIpc) is 2.15. The molecule has 0 aromatic heterocycles. The molecule has 0 aliphatic heterocycles. The van der Waals surface area contributed by atoms with E-state index in [4.69, 9.17) is 0 Å². The van der Waals surface area contributed by atoms with Crippen molar-refractivity contribution in [2.24, 2.45) is 0 Å². The first-order chi connectivity index (χ1) is 6.97. The Morgan fingerprint density at radius 1 is 1.20 bits per heavy atom. The highest BCUT2D eigenvalue weighted by Crippen LogP contribution is 2.00. The lowest BCUT2D eigenvalue weighted by Crippen LogP contribution is -2.17. The summed E-state index contributed by atoms with van der Waals surface area (Å²) < 4.78 is 0. The Balaban J connectivity index is 2.61. The van der Waals surface area contributed by atoms with E-state index in [1.807, 2.05) is 30.3 Å². The molecule has 15 heavy (non-hydrogen) atoms. The van der Waals surface area contributed by atoms with Crippen LogP contribution in [0.15, 0.2) is 30.3 Å². The first kappa shape index (κ1) is 11.7. The van der Waals surface area contributed by atoms with E-state index in [1.54, 1.807) is 0 Å². The molecule has 0 saturated carbocycles. The maximum Gasteiger partial charge on any atom is 0.209 e. The van der Waals surface area contributed by atoms with Crippen molar-refractivity contribution in [3.8, 4) is 11.5 Å². The van der Waals surface area contributed by atoms with Gasteiger partial charge in [-0.15, -0.1) is 5.54 Å². The van der Waals surface area contributed by atoms with Crippen molar-refractivity contribution in [3.05, 3.63) is 35.9 Å². The lowest BCUT2D eigenvalue weighted by Gasteiger charge is -2.02. The van der Waals surface area contributed by atoms with Crippen molar-refractivity contribution in [3.63, 3.8) is 0 Å². The van der Waals surface area contributed by atoms with Gasteiger partial charge in [0.05, 0.1) is 0 Å². The first-order valence-corrected chi connectivity index (χ1v) is 8.57. The molecule has 0 aliphatic rings. The summed E-state index contributed by atoms with van der Waals surface area (Å²) in [6, 6.07) is 9.73. The Bertz CT molecular complexity index is 390. The molecule has 1 aromatic carbocycles. The smallest absolute Gasteiger partial charge is 0.209 e. The van der Waals surface area contributed by atoms with Crippen molar-refractivity contribution in [1.82, 2.24) is 0 Å². The fourth-order valence-electron chi connectivity index (χ4n) is 1.08. The van der Waals surface area contributed by atoms with Gasteiger partial charge in [0.25, 0.3) is 0 Å². The van der Waals surface area contributed by atoms with Crippen LogP contribution in [0.5, 0.6) is 0 Å². The number of ketones is 1. The molecule has 1 nitrogen and oxygen atoms in total. The second-order valence-corrected chi connectivity index (χ2v) is 9.34. The molecular weight excluding hydrogens is 200 g/mol. The van der Waals surface area contributed by atoms with Gasteiger partial charge < -0.3 is 0 Å². The van der Waals surface area contributed by atoms with Crippen LogP contribution in [0.4, 0.5) is 0 Å². The van der Waals surface area contributed by atoms with Crippen LogP contribution in [0.1, 0.15) is 5.56 Å². The summed E-state index contributed by atoms with van der Waals surface area (Å²) in [7, 11) is -1.42. The number of benzene rings is 1. The highest BCUT2D eigenvalue weighted by molar-refractivity contribution is 6.84. The Kier molecular flexibility index (Phi) is 3.87. The number of carbonyl (C=O) groups excluding carboxylic acids is 1. The molecule has 0 atom stereocenters. The summed E-state index contributed by atoms with van der Waals surface area (Å²) >= 11 is 0. The predicted octanol–water partition coefficient (Wildman–Crippen LogP) is 2.68. The van der Waals surface area contributed by atoms with Gasteiger partial charge in [-0.1, -0.05) is 50.0 Å². The van der Waals surface area contributed by atoms with Gasteiger partial charge in [-0.2, -0.15) is 0 Å². The van der Waals surface area contributed by atoms with Gasteiger partial charge in [-0.3, -0.25) is 4.79 Å². The zero-order valence-electron chi connectivity index (χ0n) is 9.50. The molecule has 0 saturated heterocycles. The normalized spacial score (nSPS) is 10.3. The number of hydrogen-bond acceptors (Lipinski definition) is 1. The van der Waals surface area contributed by atoms with Crippen LogP contribution in [0, 0.1) is 11.5 Å². The van der Waals surface area contributed by atoms with Crippen LogP contribution < -0.4 is 0 Å². The molecule has 0 aliphatic carbocycles. The van der Waals surface area contributed by atoms with E-state index < -0.39 is 8.07 Å². The topological polar surface area (TPSA) is 17.1 Å². The minimum absolute atomic E-state index is 0.0172. The highest BCUT2D eigenvalue weighted by atomic mass is 28.3. The van der Waals surface area contributed by atoms with Crippen LogP contribution in [0.25, 0.3) is 0 Å². The summed E-state index contributed by atoms with van der Waals surface area (Å²) in [5.41, 5.74) is 4.12. The lowest BCUT2D eigenvalue weighted by molar-refractivity contribution is -0.113. The third-order valence-electron chi connectivity index (χ3n) is 1.78. The van der Waals surface area contributed by atoms with E-state index in [0.29, 0.717) is 6.42 Å². The fraction of sp³-hybridized carbons (Fsp3) is 0.308. The fourth-order valence-corrected chi connectivity index (χ4v) is 1.60. The number of Topliss-reactive ketones (excluding diaryl/α,β-unsaturated/α-hetero) is 1. The van der Waals surface area contributed by atoms with E-state index in [9.17, 15) is 4.79 Å². The van der Waals surface area contributed by atoms with E-state index in [2.05, 4.69) is 31.1 Å². The second-order valence-electron chi connectivity index (χ2n) is 4.59. The largest absolute Gasteiger partial charge is 0.285 e. The third-order valence-corrected chi connectivity index (χ3v) is 2.66. The number of carbonyl (C=O) groups is 1. The molecular formula is C13H16OSi. The van der Waals surface area contributed by atoms with Crippen LogP contribution in [0.2, 0.25) is 19.6 Å². The van der Waals surface area contributed by atoms with Gasteiger partial charge in [0.15, 0.2) is 0 Å². The van der Waals surface area contributed by atoms with Crippen molar-refractivity contribution in [1.29, 1.82) is 0 Å². The van der Waals surface area contributed by atoms with Crippen LogP contribution >= 0.6 is 0 Å². The van der Waals surface area contributed by atoms with E-state index in [1.165, 1.54) is 0 Å². The molecule has 0 radical (unpaired) electrons. The van der Waals surface area contributed by atoms with Crippen LogP contribution in [0.3, 0.4) is 0 Å². The summed E-state index contributed by atoms with van der Waals surface area (Å²) in [4.78, 5) is 11.5. The summed E-state index contributed by atoms with van der Waals surface area (Å²) in [5.74, 6) is 2.76. The van der Waals surface area contributed by atoms with E-state index in [-0.39, 0.29) is 5.78 Å². The molecule has 0 N–H and O–H groups in total. The third kappa shape index (κ3) is 5.19. The SMILES string of the molecule is C[Si](C)(C)C#CC(=O)Cc1ccccc1. The standard InChI is InChI=1S/C13H16OSi/c1-15(2,3)10-9-13(14)11-12-7-5-4-6-8-12/h4-8H,11H2,1-3H3. The van der Waals surface area contributed by atoms with Gasteiger partial charge in [-0.05, 0) is 11.5 Å². The zero-order valence-corrected chi connectivity index (χ0v) is 10.5. The van der Waals surface area contributed by atoms with Gasteiger partial charge in [0.2, 0.25) is 5.78 Å². The maximum atomic E-state index is 11.5. The van der Waals surface area contributed by atoms with Crippen LogP contribution in [-0.2, 0) is 11.2 Å². The van der Waals surface area contributed by atoms with Crippen molar-refractivity contribution < 1.29 is 4.79 Å². The Labute approximate surface area is 92.5 Å². The molecule has 0 unspecified atom stereocenters. The number of hydrogen-bond donors (Lipinski definition) is 0. The molecule has 0 fully saturated rings. The molecule has 0 amide bonds. The summed E-state index contributed by atoms with van der Waals surface area (Å²) in [6.45, 7) is 6.40. The molecule has 1 aromatic rings. The Morgan fingerprint density at radius 2 is 1.80 bits per heavy atom. The quantitative estimate of drug-likeness (QED) is 0.549. The zero-order chi connectivity index (χ0) is 11.3.